The zero-order chi connectivity index (χ0) is 11.8. The number of hydrogen-bond acceptors (Lipinski definition) is 1. The minimum atomic E-state index is 0.797. The highest BCUT2D eigenvalue weighted by Crippen LogP contribution is 2.30. The van der Waals surface area contributed by atoms with E-state index < -0.39 is 0 Å². The smallest absolute Gasteiger partial charge is 0.0702 e. The van der Waals surface area contributed by atoms with E-state index in [0.717, 1.165) is 11.6 Å². The maximum Gasteiger partial charge on any atom is 0.0702 e. The molecule has 0 saturated carbocycles. The summed E-state index contributed by atoms with van der Waals surface area (Å²) in [5.41, 5.74) is 6.57. The van der Waals surface area contributed by atoms with Crippen LogP contribution in [-0.2, 0) is 12.8 Å². The van der Waals surface area contributed by atoms with Gasteiger partial charge in [0.1, 0.15) is 0 Å². The number of hydrogen-bond donors (Lipinski definition) is 0. The van der Waals surface area contributed by atoms with Gasteiger partial charge >= 0.3 is 0 Å². The fourth-order valence-corrected chi connectivity index (χ4v) is 2.64. The van der Waals surface area contributed by atoms with Crippen molar-refractivity contribution in [3.8, 4) is 11.3 Å². The Morgan fingerprint density at radius 2 is 1.88 bits per heavy atom. The summed E-state index contributed by atoms with van der Waals surface area (Å²) in [6.45, 7) is 4.39. The van der Waals surface area contributed by atoms with Gasteiger partial charge in [-0.15, -0.1) is 0 Å². The summed E-state index contributed by atoms with van der Waals surface area (Å²) in [5, 5.41) is 0. The molecule has 0 radical (unpaired) electrons. The third-order valence-corrected chi connectivity index (χ3v) is 3.55. The Balaban J connectivity index is 2.00. The predicted octanol–water partition coefficient (Wildman–Crippen LogP) is 3.79. The number of fused-ring (bicyclic) bond motifs is 1. The van der Waals surface area contributed by atoms with Gasteiger partial charge in [0.2, 0.25) is 0 Å². The van der Waals surface area contributed by atoms with Crippen molar-refractivity contribution in [3.05, 3.63) is 53.2 Å². The van der Waals surface area contributed by atoms with Crippen LogP contribution in [-0.4, -0.2) is 4.98 Å². The van der Waals surface area contributed by atoms with Gasteiger partial charge in [-0.2, -0.15) is 0 Å². The van der Waals surface area contributed by atoms with Gasteiger partial charge in [-0.3, -0.25) is 4.98 Å². The van der Waals surface area contributed by atoms with E-state index in [1.807, 2.05) is 6.20 Å². The number of nitrogens with zero attached hydrogens (tertiary/aromatic N) is 1. The van der Waals surface area contributed by atoms with E-state index >= 15 is 0 Å². The van der Waals surface area contributed by atoms with Crippen molar-refractivity contribution >= 4 is 0 Å². The van der Waals surface area contributed by atoms with Crippen LogP contribution in [0.1, 0.15) is 23.6 Å². The number of pyridine rings is 1. The lowest BCUT2D eigenvalue weighted by molar-refractivity contribution is 0.628. The van der Waals surface area contributed by atoms with Crippen LogP contribution in [0.15, 0.2) is 36.5 Å². The van der Waals surface area contributed by atoms with Crippen molar-refractivity contribution in [2.75, 3.05) is 0 Å². The molecule has 0 saturated heterocycles. The molecule has 2 aromatic rings. The van der Waals surface area contributed by atoms with Gasteiger partial charge < -0.3 is 0 Å². The third-order valence-electron chi connectivity index (χ3n) is 3.55. The van der Waals surface area contributed by atoms with E-state index in [-0.39, 0.29) is 0 Å². The molecule has 1 aromatic carbocycles. The molecular weight excluding hydrogens is 206 g/mol. The molecule has 1 unspecified atom stereocenters. The highest BCUT2D eigenvalue weighted by atomic mass is 14.7. The molecule has 0 bridgehead atoms. The molecule has 86 valence electrons. The van der Waals surface area contributed by atoms with Crippen molar-refractivity contribution in [2.24, 2.45) is 5.92 Å². The standard InChI is InChI=1S/C16H17N/c1-11-3-6-16(17-10-11)14-5-4-13-7-12(2)8-15(13)9-14/h3-6,9-10,12H,7-8H2,1-2H3. The quantitative estimate of drug-likeness (QED) is 0.716. The lowest BCUT2D eigenvalue weighted by atomic mass is 10.0. The Hall–Kier alpha value is -1.63. The maximum absolute atomic E-state index is 4.49. The van der Waals surface area contributed by atoms with Crippen LogP contribution >= 0.6 is 0 Å². The first-order chi connectivity index (χ1) is 8.22. The lowest BCUT2D eigenvalue weighted by Gasteiger charge is -2.04. The molecule has 0 aliphatic heterocycles. The Bertz CT molecular complexity index is 540. The number of benzene rings is 1. The topological polar surface area (TPSA) is 12.9 Å². The molecule has 1 heterocycles. The molecule has 1 aliphatic rings. The molecule has 1 atom stereocenters. The third kappa shape index (κ3) is 1.97. The second kappa shape index (κ2) is 3.99. The zero-order valence-corrected chi connectivity index (χ0v) is 10.4. The fraction of sp³-hybridized carbons (Fsp3) is 0.312. The van der Waals surface area contributed by atoms with Crippen molar-refractivity contribution in [2.45, 2.75) is 26.7 Å². The highest BCUT2D eigenvalue weighted by Gasteiger charge is 2.17. The average Bonchev–Trinajstić information content (AvgIpc) is 2.69. The molecule has 0 fully saturated rings. The summed E-state index contributed by atoms with van der Waals surface area (Å²) < 4.78 is 0. The molecule has 0 N–H and O–H groups in total. The molecule has 0 amide bonds. The van der Waals surface area contributed by atoms with Crippen LogP contribution in [0, 0.1) is 12.8 Å². The van der Waals surface area contributed by atoms with E-state index in [4.69, 9.17) is 0 Å². The summed E-state index contributed by atoms with van der Waals surface area (Å²) in [6, 6.07) is 11.0. The van der Waals surface area contributed by atoms with Crippen molar-refractivity contribution in [3.63, 3.8) is 0 Å². The molecule has 1 aromatic heterocycles. The van der Waals surface area contributed by atoms with Gasteiger partial charge in [0.15, 0.2) is 0 Å². The predicted molar refractivity (Wildman–Crippen MR) is 71.0 cm³/mol. The Labute approximate surface area is 103 Å². The van der Waals surface area contributed by atoms with E-state index in [0.29, 0.717) is 0 Å². The number of aryl methyl sites for hydroxylation is 1. The Morgan fingerprint density at radius 3 is 2.65 bits per heavy atom. The SMILES string of the molecule is Cc1ccc(-c2ccc3c(c2)CC(C)C3)nc1. The summed E-state index contributed by atoms with van der Waals surface area (Å²) >= 11 is 0. The zero-order valence-electron chi connectivity index (χ0n) is 10.4. The van der Waals surface area contributed by atoms with Gasteiger partial charge in [-0.25, -0.2) is 0 Å². The minimum absolute atomic E-state index is 0.797. The van der Waals surface area contributed by atoms with Gasteiger partial charge in [0, 0.05) is 11.8 Å². The van der Waals surface area contributed by atoms with Gasteiger partial charge in [0.25, 0.3) is 0 Å². The van der Waals surface area contributed by atoms with Crippen LogP contribution in [0.3, 0.4) is 0 Å². The van der Waals surface area contributed by atoms with Gasteiger partial charge in [-0.1, -0.05) is 25.1 Å². The van der Waals surface area contributed by atoms with Crippen molar-refractivity contribution < 1.29 is 0 Å². The van der Waals surface area contributed by atoms with Gasteiger partial charge in [-0.05, 0) is 54.5 Å². The monoisotopic (exact) mass is 223 g/mol. The molecule has 3 rings (SSSR count). The van der Waals surface area contributed by atoms with E-state index in [1.54, 1.807) is 0 Å². The van der Waals surface area contributed by atoms with Crippen LogP contribution in [0.4, 0.5) is 0 Å². The van der Waals surface area contributed by atoms with E-state index in [9.17, 15) is 0 Å². The highest BCUT2D eigenvalue weighted by molar-refractivity contribution is 5.61. The fourth-order valence-electron chi connectivity index (χ4n) is 2.64. The number of aromatic nitrogens is 1. The molecular formula is C16H17N. The van der Waals surface area contributed by atoms with Crippen LogP contribution in [0.5, 0.6) is 0 Å². The summed E-state index contributed by atoms with van der Waals surface area (Å²) in [4.78, 5) is 4.49. The molecule has 1 nitrogen and oxygen atoms in total. The van der Waals surface area contributed by atoms with Crippen LogP contribution in [0.2, 0.25) is 0 Å². The van der Waals surface area contributed by atoms with Gasteiger partial charge in [0.05, 0.1) is 5.69 Å². The van der Waals surface area contributed by atoms with E-state index in [2.05, 4.69) is 49.2 Å². The molecule has 17 heavy (non-hydrogen) atoms. The van der Waals surface area contributed by atoms with Crippen molar-refractivity contribution in [1.82, 2.24) is 4.98 Å². The molecule has 0 spiro atoms. The first-order valence-corrected chi connectivity index (χ1v) is 6.27. The number of rotatable bonds is 1. The van der Waals surface area contributed by atoms with Crippen molar-refractivity contribution in [1.29, 1.82) is 0 Å². The molecule has 1 heteroatoms. The van der Waals surface area contributed by atoms with E-state index in [1.165, 1.54) is 35.1 Å². The summed E-state index contributed by atoms with van der Waals surface area (Å²) in [6.07, 6.45) is 4.39. The maximum atomic E-state index is 4.49. The second-order valence-corrected chi connectivity index (χ2v) is 5.22. The largest absolute Gasteiger partial charge is 0.256 e. The lowest BCUT2D eigenvalue weighted by Crippen LogP contribution is -1.89. The van der Waals surface area contributed by atoms with Crippen LogP contribution < -0.4 is 0 Å². The normalized spacial score (nSPS) is 18.1. The Kier molecular flexibility index (Phi) is 2.47. The average molecular weight is 223 g/mol. The molecule has 1 aliphatic carbocycles. The summed E-state index contributed by atoms with van der Waals surface area (Å²) in [7, 11) is 0. The first kappa shape index (κ1) is 10.5. The minimum Gasteiger partial charge on any atom is -0.256 e. The Morgan fingerprint density at radius 1 is 1.06 bits per heavy atom. The first-order valence-electron chi connectivity index (χ1n) is 6.27. The summed E-state index contributed by atoms with van der Waals surface area (Å²) in [5.74, 6) is 0.797. The second-order valence-electron chi connectivity index (χ2n) is 5.22. The van der Waals surface area contributed by atoms with Crippen LogP contribution in [0.25, 0.3) is 11.3 Å².